The Kier molecular flexibility index (Phi) is 5.86. The van der Waals surface area contributed by atoms with E-state index >= 15 is 0 Å². The first-order valence-corrected chi connectivity index (χ1v) is 8.55. The van der Waals surface area contributed by atoms with Crippen molar-refractivity contribution in [3.05, 3.63) is 71.8 Å². The summed E-state index contributed by atoms with van der Waals surface area (Å²) < 4.78 is 11.2. The number of amides is 1. The molecule has 1 amide bonds. The Morgan fingerprint density at radius 1 is 1.24 bits per heavy atom. The van der Waals surface area contributed by atoms with Crippen molar-refractivity contribution < 1.29 is 14.3 Å². The van der Waals surface area contributed by atoms with Crippen LogP contribution in [0.4, 0.5) is 0 Å². The van der Waals surface area contributed by atoms with Crippen LogP contribution in [0.2, 0.25) is 0 Å². The minimum absolute atomic E-state index is 0.0198. The van der Waals surface area contributed by atoms with E-state index in [2.05, 4.69) is 0 Å². The summed E-state index contributed by atoms with van der Waals surface area (Å²) >= 11 is 0. The lowest BCUT2D eigenvalue weighted by Gasteiger charge is -2.32. The number of rotatable bonds is 5. The fraction of sp³-hybridized carbons (Fsp3) is 0.286. The molecule has 3 rings (SSSR count). The van der Waals surface area contributed by atoms with E-state index in [1.165, 1.54) is 0 Å². The standard InChI is InChI=1S/C21H23NO3/c1-17-15-24-13-12-22(17)21(23)11-10-18-8-5-9-20(14-18)25-16-19-6-3-2-4-7-19/h2-11,14,17H,12-13,15-16H2,1H3/b11-10-/t17-/m1/s1. The van der Waals surface area contributed by atoms with Gasteiger partial charge in [-0.05, 0) is 36.3 Å². The van der Waals surface area contributed by atoms with E-state index in [0.717, 1.165) is 16.9 Å². The summed E-state index contributed by atoms with van der Waals surface area (Å²) in [6.45, 7) is 4.38. The number of hydrogen-bond acceptors (Lipinski definition) is 3. The van der Waals surface area contributed by atoms with Gasteiger partial charge in [0.1, 0.15) is 12.4 Å². The summed E-state index contributed by atoms with van der Waals surface area (Å²) in [5.74, 6) is 0.810. The highest BCUT2D eigenvalue weighted by atomic mass is 16.5. The second-order valence-electron chi connectivity index (χ2n) is 6.14. The highest BCUT2D eigenvalue weighted by Crippen LogP contribution is 2.17. The van der Waals surface area contributed by atoms with Crippen molar-refractivity contribution in [2.24, 2.45) is 0 Å². The monoisotopic (exact) mass is 337 g/mol. The Labute approximate surface area is 148 Å². The van der Waals surface area contributed by atoms with Crippen molar-refractivity contribution >= 4 is 12.0 Å². The van der Waals surface area contributed by atoms with Gasteiger partial charge in [-0.3, -0.25) is 4.79 Å². The molecule has 2 aromatic rings. The van der Waals surface area contributed by atoms with Crippen LogP contribution in [0.5, 0.6) is 5.75 Å². The van der Waals surface area contributed by atoms with Crippen LogP contribution >= 0.6 is 0 Å². The summed E-state index contributed by atoms with van der Waals surface area (Å²) in [6.07, 6.45) is 3.46. The Hall–Kier alpha value is -2.59. The third kappa shape index (κ3) is 4.94. The van der Waals surface area contributed by atoms with E-state index in [-0.39, 0.29) is 11.9 Å². The molecule has 4 nitrogen and oxygen atoms in total. The molecule has 0 aromatic heterocycles. The maximum atomic E-state index is 12.3. The first kappa shape index (κ1) is 17.2. The number of hydrogen-bond donors (Lipinski definition) is 0. The number of morpholine rings is 1. The van der Waals surface area contributed by atoms with Crippen molar-refractivity contribution in [2.45, 2.75) is 19.6 Å². The second kappa shape index (κ2) is 8.49. The molecule has 1 saturated heterocycles. The molecule has 0 aliphatic carbocycles. The Bertz CT molecular complexity index is 727. The number of nitrogens with zero attached hydrogens (tertiary/aromatic N) is 1. The van der Waals surface area contributed by atoms with Crippen LogP contribution in [0.25, 0.3) is 6.08 Å². The highest BCUT2D eigenvalue weighted by molar-refractivity contribution is 5.92. The molecule has 0 spiro atoms. The fourth-order valence-electron chi connectivity index (χ4n) is 2.77. The van der Waals surface area contributed by atoms with Crippen molar-refractivity contribution in [3.8, 4) is 5.75 Å². The van der Waals surface area contributed by atoms with Gasteiger partial charge in [-0.1, -0.05) is 42.5 Å². The third-order valence-electron chi connectivity index (χ3n) is 4.18. The third-order valence-corrected chi connectivity index (χ3v) is 4.18. The average Bonchev–Trinajstić information content (AvgIpc) is 2.66. The molecule has 0 N–H and O–H groups in total. The predicted molar refractivity (Wildman–Crippen MR) is 98.2 cm³/mol. The molecule has 2 aromatic carbocycles. The second-order valence-corrected chi connectivity index (χ2v) is 6.14. The van der Waals surface area contributed by atoms with E-state index in [9.17, 15) is 4.79 Å². The van der Waals surface area contributed by atoms with E-state index in [1.54, 1.807) is 6.08 Å². The molecule has 1 aliphatic heterocycles. The lowest BCUT2D eigenvalue weighted by Crippen LogP contribution is -2.46. The van der Waals surface area contributed by atoms with Gasteiger partial charge >= 0.3 is 0 Å². The maximum absolute atomic E-state index is 12.3. The van der Waals surface area contributed by atoms with Crippen LogP contribution in [-0.2, 0) is 16.1 Å². The molecule has 25 heavy (non-hydrogen) atoms. The number of ether oxygens (including phenoxy) is 2. The van der Waals surface area contributed by atoms with Crippen molar-refractivity contribution in [1.29, 1.82) is 0 Å². The van der Waals surface area contributed by atoms with Gasteiger partial charge in [0.2, 0.25) is 5.91 Å². The van der Waals surface area contributed by atoms with E-state index in [0.29, 0.717) is 26.4 Å². The van der Waals surface area contributed by atoms with Crippen LogP contribution in [0.15, 0.2) is 60.7 Å². The summed E-state index contributed by atoms with van der Waals surface area (Å²) in [5, 5.41) is 0. The van der Waals surface area contributed by atoms with Gasteiger partial charge in [0.25, 0.3) is 0 Å². The van der Waals surface area contributed by atoms with Crippen LogP contribution in [0, 0.1) is 0 Å². The minimum atomic E-state index is 0.0198. The Morgan fingerprint density at radius 3 is 2.88 bits per heavy atom. The highest BCUT2D eigenvalue weighted by Gasteiger charge is 2.21. The van der Waals surface area contributed by atoms with Gasteiger partial charge < -0.3 is 14.4 Å². The smallest absolute Gasteiger partial charge is 0.246 e. The first-order valence-electron chi connectivity index (χ1n) is 8.55. The zero-order valence-electron chi connectivity index (χ0n) is 14.4. The van der Waals surface area contributed by atoms with Crippen LogP contribution in [0.3, 0.4) is 0 Å². The largest absolute Gasteiger partial charge is 0.489 e. The fourth-order valence-corrected chi connectivity index (χ4v) is 2.77. The molecule has 130 valence electrons. The molecule has 0 unspecified atom stereocenters. The minimum Gasteiger partial charge on any atom is -0.489 e. The molecule has 1 fully saturated rings. The van der Waals surface area contributed by atoms with Gasteiger partial charge in [-0.25, -0.2) is 0 Å². The number of carbonyl (C=O) groups excluding carboxylic acids is 1. The quantitative estimate of drug-likeness (QED) is 0.784. The summed E-state index contributed by atoms with van der Waals surface area (Å²) in [7, 11) is 0. The van der Waals surface area contributed by atoms with Crippen molar-refractivity contribution in [1.82, 2.24) is 4.90 Å². The molecule has 0 saturated carbocycles. The number of benzene rings is 2. The van der Waals surface area contributed by atoms with E-state index < -0.39 is 0 Å². The van der Waals surface area contributed by atoms with Crippen LogP contribution in [0.1, 0.15) is 18.1 Å². The molecule has 0 bridgehead atoms. The Morgan fingerprint density at radius 2 is 2.08 bits per heavy atom. The van der Waals surface area contributed by atoms with E-state index in [1.807, 2.05) is 72.5 Å². The Balaban J connectivity index is 1.60. The molecule has 1 atom stereocenters. The maximum Gasteiger partial charge on any atom is 0.246 e. The van der Waals surface area contributed by atoms with Gasteiger partial charge in [0.15, 0.2) is 0 Å². The number of carbonyl (C=O) groups is 1. The molecular formula is C21H23NO3. The van der Waals surface area contributed by atoms with Gasteiger partial charge in [0, 0.05) is 12.6 Å². The van der Waals surface area contributed by atoms with Gasteiger partial charge in [0.05, 0.1) is 19.3 Å². The molecule has 4 heteroatoms. The molecule has 1 heterocycles. The normalized spacial score (nSPS) is 17.6. The summed E-state index contributed by atoms with van der Waals surface area (Å²) in [6, 6.07) is 17.9. The lowest BCUT2D eigenvalue weighted by molar-refractivity contribution is -0.133. The van der Waals surface area contributed by atoms with Crippen LogP contribution < -0.4 is 4.74 Å². The molecule has 0 radical (unpaired) electrons. The lowest BCUT2D eigenvalue weighted by atomic mass is 10.2. The van der Waals surface area contributed by atoms with Crippen LogP contribution in [-0.4, -0.2) is 36.6 Å². The predicted octanol–water partition coefficient (Wildman–Crippen LogP) is 3.53. The summed E-state index contributed by atoms with van der Waals surface area (Å²) in [5.41, 5.74) is 2.07. The van der Waals surface area contributed by atoms with Crippen molar-refractivity contribution in [3.63, 3.8) is 0 Å². The van der Waals surface area contributed by atoms with Gasteiger partial charge in [-0.2, -0.15) is 0 Å². The SMILES string of the molecule is C[C@@H]1COCCN1C(=O)/C=C\c1cccc(OCc2ccccc2)c1. The zero-order chi connectivity index (χ0) is 17.5. The first-order chi connectivity index (χ1) is 12.2. The molecule has 1 aliphatic rings. The van der Waals surface area contributed by atoms with Gasteiger partial charge in [-0.15, -0.1) is 0 Å². The van der Waals surface area contributed by atoms with Crippen molar-refractivity contribution in [2.75, 3.05) is 19.8 Å². The summed E-state index contributed by atoms with van der Waals surface area (Å²) in [4.78, 5) is 14.2. The zero-order valence-corrected chi connectivity index (χ0v) is 14.4. The molecular weight excluding hydrogens is 314 g/mol. The average molecular weight is 337 g/mol. The topological polar surface area (TPSA) is 38.8 Å². The van der Waals surface area contributed by atoms with E-state index in [4.69, 9.17) is 9.47 Å².